The van der Waals surface area contributed by atoms with Crippen LogP contribution in [0.25, 0.3) is 0 Å². The second-order valence-electron chi connectivity index (χ2n) is 4.06. The van der Waals surface area contributed by atoms with Gasteiger partial charge in [0.25, 0.3) is 0 Å². The number of nitrogens with zero attached hydrogens (tertiary/aromatic N) is 1. The number of rotatable bonds is 4. The fraction of sp³-hybridized carbons (Fsp3) is 0.0714. The van der Waals surface area contributed by atoms with E-state index in [1.165, 1.54) is 12.3 Å². The van der Waals surface area contributed by atoms with E-state index in [2.05, 4.69) is 26.2 Å². The Morgan fingerprint density at radius 2 is 1.95 bits per heavy atom. The smallest absolute Gasteiger partial charge is 0.335 e. The van der Waals surface area contributed by atoms with E-state index < -0.39 is 5.97 Å². The number of anilines is 1. The molecule has 1 heterocycles. The van der Waals surface area contributed by atoms with Crippen molar-refractivity contribution in [3.8, 4) is 0 Å². The maximum absolute atomic E-state index is 11.9. The number of nitrogens with one attached hydrogen (secondary N) is 1. The van der Waals surface area contributed by atoms with Gasteiger partial charge < -0.3 is 10.4 Å². The predicted octanol–water partition coefficient (Wildman–Crippen LogP) is 2.72. The van der Waals surface area contributed by atoms with Gasteiger partial charge in [-0.1, -0.05) is 18.2 Å². The molecule has 0 fully saturated rings. The minimum absolute atomic E-state index is 0.00145. The average Bonchev–Trinajstić information content (AvgIpc) is 2.41. The molecule has 0 unspecified atom stereocenters. The summed E-state index contributed by atoms with van der Waals surface area (Å²) in [5, 5.41) is 11.7. The molecule has 0 saturated heterocycles. The van der Waals surface area contributed by atoms with Gasteiger partial charge in [-0.25, -0.2) is 9.78 Å². The van der Waals surface area contributed by atoms with Crippen molar-refractivity contribution in [2.24, 2.45) is 0 Å². The maximum atomic E-state index is 11.9. The summed E-state index contributed by atoms with van der Waals surface area (Å²) < 4.78 is 0.673. The third-order valence-electron chi connectivity index (χ3n) is 2.61. The molecule has 1 amide bonds. The van der Waals surface area contributed by atoms with Crippen molar-refractivity contribution in [3.63, 3.8) is 0 Å². The zero-order valence-corrected chi connectivity index (χ0v) is 11.9. The topological polar surface area (TPSA) is 79.3 Å². The molecule has 0 aliphatic rings. The Labute approximate surface area is 123 Å². The Morgan fingerprint density at radius 3 is 2.60 bits per heavy atom. The second kappa shape index (κ2) is 6.29. The third-order valence-corrected chi connectivity index (χ3v) is 3.08. The highest BCUT2D eigenvalue weighted by Gasteiger charge is 2.12. The van der Waals surface area contributed by atoms with Gasteiger partial charge in [0.1, 0.15) is 4.60 Å². The lowest BCUT2D eigenvalue weighted by molar-refractivity contribution is -0.115. The van der Waals surface area contributed by atoms with E-state index in [-0.39, 0.29) is 17.9 Å². The fourth-order valence-electron chi connectivity index (χ4n) is 1.71. The lowest BCUT2D eigenvalue weighted by Crippen LogP contribution is -2.16. The molecule has 0 spiro atoms. The number of aromatic nitrogens is 1. The number of aromatic carboxylic acids is 1. The number of carboxylic acid groups (broad SMARTS) is 1. The largest absolute Gasteiger partial charge is 0.478 e. The molecule has 0 bridgehead atoms. The maximum Gasteiger partial charge on any atom is 0.335 e. The zero-order chi connectivity index (χ0) is 14.5. The number of halogens is 1. The first-order chi connectivity index (χ1) is 9.56. The van der Waals surface area contributed by atoms with Gasteiger partial charge in [0, 0.05) is 0 Å². The van der Waals surface area contributed by atoms with Crippen molar-refractivity contribution in [1.82, 2.24) is 4.98 Å². The highest BCUT2D eigenvalue weighted by atomic mass is 79.9. The molecule has 1 aromatic heterocycles. The number of benzene rings is 1. The number of amides is 1. The van der Waals surface area contributed by atoms with Crippen molar-refractivity contribution in [2.75, 3.05) is 5.32 Å². The van der Waals surface area contributed by atoms with Gasteiger partial charge in [-0.2, -0.15) is 0 Å². The van der Waals surface area contributed by atoms with Crippen LogP contribution in [0, 0.1) is 0 Å². The van der Waals surface area contributed by atoms with Gasteiger partial charge in [-0.05, 0) is 39.7 Å². The van der Waals surface area contributed by atoms with E-state index in [1.807, 2.05) is 0 Å². The molecule has 0 radical (unpaired) electrons. The monoisotopic (exact) mass is 334 g/mol. The molecule has 0 saturated carbocycles. The first-order valence-corrected chi connectivity index (χ1v) is 6.58. The highest BCUT2D eigenvalue weighted by Crippen LogP contribution is 2.13. The van der Waals surface area contributed by atoms with Gasteiger partial charge in [0.05, 0.1) is 23.9 Å². The SMILES string of the molecule is O=C(Cc1ccccc1C(=O)O)Nc1ccc(Br)nc1. The van der Waals surface area contributed by atoms with E-state index in [9.17, 15) is 9.59 Å². The summed E-state index contributed by atoms with van der Waals surface area (Å²) in [6, 6.07) is 9.85. The Bertz CT molecular complexity index is 641. The first-order valence-electron chi connectivity index (χ1n) is 5.79. The highest BCUT2D eigenvalue weighted by molar-refractivity contribution is 9.10. The Hall–Kier alpha value is -2.21. The lowest BCUT2D eigenvalue weighted by Gasteiger charge is -2.07. The van der Waals surface area contributed by atoms with E-state index in [1.54, 1.807) is 30.3 Å². The molecule has 2 aromatic rings. The molecule has 5 nitrogen and oxygen atoms in total. The summed E-state index contributed by atoms with van der Waals surface area (Å²) in [6.45, 7) is 0. The van der Waals surface area contributed by atoms with Crippen molar-refractivity contribution in [1.29, 1.82) is 0 Å². The number of pyridine rings is 1. The fourth-order valence-corrected chi connectivity index (χ4v) is 1.95. The van der Waals surface area contributed by atoms with E-state index in [0.29, 0.717) is 15.9 Å². The van der Waals surface area contributed by atoms with Crippen molar-refractivity contribution in [2.45, 2.75) is 6.42 Å². The lowest BCUT2D eigenvalue weighted by atomic mass is 10.0. The number of carboxylic acids is 1. The van der Waals surface area contributed by atoms with Gasteiger partial charge in [0.2, 0.25) is 5.91 Å². The minimum atomic E-state index is -1.04. The van der Waals surface area contributed by atoms with Crippen LogP contribution in [0.4, 0.5) is 5.69 Å². The van der Waals surface area contributed by atoms with Gasteiger partial charge in [-0.3, -0.25) is 4.79 Å². The summed E-state index contributed by atoms with van der Waals surface area (Å²) in [4.78, 5) is 26.9. The Kier molecular flexibility index (Phi) is 4.47. The number of carbonyl (C=O) groups excluding carboxylic acids is 1. The molecule has 2 N–H and O–H groups in total. The molecule has 2 rings (SSSR count). The summed E-state index contributed by atoms with van der Waals surface area (Å²) in [5.74, 6) is -1.33. The molecule has 20 heavy (non-hydrogen) atoms. The van der Waals surface area contributed by atoms with Gasteiger partial charge in [0.15, 0.2) is 0 Å². The van der Waals surface area contributed by atoms with Crippen LogP contribution in [0.15, 0.2) is 47.2 Å². The van der Waals surface area contributed by atoms with Crippen LogP contribution >= 0.6 is 15.9 Å². The zero-order valence-electron chi connectivity index (χ0n) is 10.3. The van der Waals surface area contributed by atoms with Crippen LogP contribution in [-0.4, -0.2) is 22.0 Å². The summed E-state index contributed by atoms with van der Waals surface area (Å²) in [6.07, 6.45) is 1.52. The van der Waals surface area contributed by atoms with Crippen LogP contribution in [0.1, 0.15) is 15.9 Å². The van der Waals surface area contributed by atoms with E-state index in [0.717, 1.165) is 0 Å². The van der Waals surface area contributed by atoms with Crippen LogP contribution in [0.2, 0.25) is 0 Å². The molecular formula is C14H11BrN2O3. The summed E-state index contributed by atoms with van der Waals surface area (Å²) >= 11 is 3.20. The molecule has 0 aliphatic heterocycles. The van der Waals surface area contributed by atoms with Crippen LogP contribution in [0.3, 0.4) is 0 Å². The second-order valence-corrected chi connectivity index (χ2v) is 4.87. The summed E-state index contributed by atoms with van der Waals surface area (Å²) in [7, 11) is 0. The van der Waals surface area contributed by atoms with Gasteiger partial charge in [-0.15, -0.1) is 0 Å². The normalized spacial score (nSPS) is 10.1. The molecule has 6 heteroatoms. The first kappa shape index (κ1) is 14.2. The van der Waals surface area contributed by atoms with Crippen molar-refractivity contribution >= 4 is 33.5 Å². The molecule has 0 atom stereocenters. The molecule has 102 valence electrons. The predicted molar refractivity (Wildman–Crippen MR) is 77.7 cm³/mol. The number of carbonyl (C=O) groups is 2. The van der Waals surface area contributed by atoms with Gasteiger partial charge >= 0.3 is 5.97 Å². The minimum Gasteiger partial charge on any atom is -0.478 e. The van der Waals surface area contributed by atoms with Crippen LogP contribution in [-0.2, 0) is 11.2 Å². The number of hydrogen-bond donors (Lipinski definition) is 2. The summed E-state index contributed by atoms with van der Waals surface area (Å²) in [5.41, 5.74) is 1.17. The number of hydrogen-bond acceptors (Lipinski definition) is 3. The molecular weight excluding hydrogens is 324 g/mol. The van der Waals surface area contributed by atoms with Crippen molar-refractivity contribution < 1.29 is 14.7 Å². The third kappa shape index (κ3) is 3.64. The standard InChI is InChI=1S/C14H11BrN2O3/c15-12-6-5-10(8-16-12)17-13(18)7-9-3-1-2-4-11(9)14(19)20/h1-6,8H,7H2,(H,17,18)(H,19,20). The van der Waals surface area contributed by atoms with E-state index >= 15 is 0 Å². The quantitative estimate of drug-likeness (QED) is 0.842. The molecule has 0 aliphatic carbocycles. The molecule has 1 aromatic carbocycles. The van der Waals surface area contributed by atoms with Crippen LogP contribution in [0.5, 0.6) is 0 Å². The Morgan fingerprint density at radius 1 is 1.20 bits per heavy atom. The Balaban J connectivity index is 2.08. The van der Waals surface area contributed by atoms with Crippen molar-refractivity contribution in [3.05, 3.63) is 58.3 Å². The average molecular weight is 335 g/mol. The van der Waals surface area contributed by atoms with E-state index in [4.69, 9.17) is 5.11 Å². The van der Waals surface area contributed by atoms with Crippen LogP contribution < -0.4 is 5.32 Å².